The van der Waals surface area contributed by atoms with Crippen molar-refractivity contribution in [1.29, 1.82) is 0 Å². The molecule has 0 aliphatic heterocycles. The van der Waals surface area contributed by atoms with Crippen molar-refractivity contribution >= 4 is 35.2 Å². The second kappa shape index (κ2) is 7.90. The fraction of sp³-hybridized carbons (Fsp3) is 0.176. The van der Waals surface area contributed by atoms with Crippen LogP contribution in [0, 0.1) is 5.82 Å². The lowest BCUT2D eigenvalue weighted by Crippen LogP contribution is -2.15. The highest BCUT2D eigenvalue weighted by atomic mass is 35.5. The third kappa shape index (κ3) is 3.72. The van der Waals surface area contributed by atoms with Gasteiger partial charge in [-0.05, 0) is 36.4 Å². The molecule has 0 radical (unpaired) electrons. The summed E-state index contributed by atoms with van der Waals surface area (Å²) in [6.07, 6.45) is 0. The summed E-state index contributed by atoms with van der Waals surface area (Å²) in [6, 6.07) is 13.0. The van der Waals surface area contributed by atoms with Crippen LogP contribution in [0.25, 0.3) is 11.0 Å². The number of nitrogens with zero attached hydrogens (tertiary/aromatic N) is 2. The van der Waals surface area contributed by atoms with E-state index in [-0.39, 0.29) is 37.2 Å². The monoisotopic (exact) mass is 349 g/mol. The van der Waals surface area contributed by atoms with Gasteiger partial charge in [0.25, 0.3) is 0 Å². The van der Waals surface area contributed by atoms with Gasteiger partial charge in [-0.25, -0.2) is 9.37 Å². The number of imidazole rings is 1. The summed E-state index contributed by atoms with van der Waals surface area (Å²) in [5.74, 6) is 0.0100. The molecule has 0 amide bonds. The van der Waals surface area contributed by atoms with E-state index in [0.29, 0.717) is 18.1 Å². The molecule has 0 atom stereocenters. The summed E-state index contributed by atoms with van der Waals surface area (Å²) in [5.41, 5.74) is 2.03. The highest BCUT2D eigenvalue weighted by Crippen LogP contribution is 2.20. The van der Waals surface area contributed by atoms with Crippen LogP contribution in [-0.4, -0.2) is 33.6 Å². The Balaban J connectivity index is 0.00000208. The first-order valence-electron chi connectivity index (χ1n) is 7.28. The van der Waals surface area contributed by atoms with E-state index < -0.39 is 0 Å². The van der Waals surface area contributed by atoms with Gasteiger partial charge in [0.1, 0.15) is 5.82 Å². The molecule has 3 rings (SSSR count). The number of ketones is 1. The zero-order chi connectivity index (χ0) is 16.2. The zero-order valence-corrected chi connectivity index (χ0v) is 13.6. The fourth-order valence-corrected chi connectivity index (χ4v) is 2.41. The predicted octanol–water partition coefficient (Wildman–Crippen LogP) is 2.88. The number of carbonyl (C=O) groups excluding carboxylic acids is 1. The number of anilines is 1. The molecule has 0 fully saturated rings. The van der Waals surface area contributed by atoms with Crippen LogP contribution >= 0.6 is 12.4 Å². The molecule has 2 N–H and O–H groups in total. The summed E-state index contributed by atoms with van der Waals surface area (Å²) >= 11 is 0. The summed E-state index contributed by atoms with van der Waals surface area (Å²) in [5, 5.41) is 12.0. The van der Waals surface area contributed by atoms with E-state index in [2.05, 4.69) is 10.3 Å². The molecular formula is C17H17ClFN3O2. The van der Waals surface area contributed by atoms with E-state index >= 15 is 0 Å². The Hall–Kier alpha value is -2.44. The lowest BCUT2D eigenvalue weighted by molar-refractivity contribution is 0.0974. The summed E-state index contributed by atoms with van der Waals surface area (Å²) in [6.45, 7) is 0.392. The number of rotatable bonds is 6. The van der Waals surface area contributed by atoms with Gasteiger partial charge in [0.15, 0.2) is 5.78 Å². The number of aliphatic hydroxyl groups is 1. The number of aromatic nitrogens is 2. The van der Waals surface area contributed by atoms with Crippen LogP contribution in [0.5, 0.6) is 0 Å². The second-order valence-electron chi connectivity index (χ2n) is 5.09. The number of aliphatic hydroxyl groups excluding tert-OH is 1. The average molecular weight is 350 g/mol. The molecule has 0 bridgehead atoms. The molecule has 7 heteroatoms. The van der Waals surface area contributed by atoms with Crippen LogP contribution < -0.4 is 5.32 Å². The topological polar surface area (TPSA) is 67.2 Å². The van der Waals surface area contributed by atoms with Gasteiger partial charge in [-0.3, -0.25) is 4.79 Å². The lowest BCUT2D eigenvalue weighted by atomic mass is 10.1. The molecule has 1 heterocycles. The minimum Gasteiger partial charge on any atom is -0.395 e. The maximum atomic E-state index is 13.0. The number of fused-ring (bicyclic) bond motifs is 1. The van der Waals surface area contributed by atoms with Crippen molar-refractivity contribution in [3.05, 3.63) is 59.9 Å². The van der Waals surface area contributed by atoms with E-state index in [1.807, 2.05) is 24.3 Å². The van der Waals surface area contributed by atoms with Gasteiger partial charge >= 0.3 is 0 Å². The van der Waals surface area contributed by atoms with Gasteiger partial charge in [-0.2, -0.15) is 0 Å². The molecule has 0 aliphatic carbocycles. The first kappa shape index (κ1) is 17.9. The van der Waals surface area contributed by atoms with Crippen LogP contribution in [0.3, 0.4) is 0 Å². The number of halogens is 2. The molecule has 0 saturated heterocycles. The van der Waals surface area contributed by atoms with Crippen molar-refractivity contribution in [3.63, 3.8) is 0 Å². The molecule has 24 heavy (non-hydrogen) atoms. The van der Waals surface area contributed by atoms with Gasteiger partial charge in [-0.1, -0.05) is 12.1 Å². The van der Waals surface area contributed by atoms with Gasteiger partial charge in [0, 0.05) is 12.1 Å². The fourth-order valence-electron chi connectivity index (χ4n) is 2.41. The molecule has 126 valence electrons. The molecule has 0 aliphatic rings. The maximum Gasteiger partial charge on any atom is 0.204 e. The lowest BCUT2D eigenvalue weighted by Gasteiger charge is -2.09. The van der Waals surface area contributed by atoms with Crippen LogP contribution in [0.2, 0.25) is 0 Å². The molecule has 3 aromatic rings. The van der Waals surface area contributed by atoms with E-state index in [0.717, 1.165) is 11.0 Å². The number of nitrogens with one attached hydrogen (secondary N) is 1. The molecule has 2 aromatic carbocycles. The largest absolute Gasteiger partial charge is 0.395 e. The van der Waals surface area contributed by atoms with Crippen molar-refractivity contribution < 1.29 is 14.3 Å². The number of benzene rings is 2. The van der Waals surface area contributed by atoms with Gasteiger partial charge in [0.05, 0.1) is 24.2 Å². The third-order valence-corrected chi connectivity index (χ3v) is 3.52. The first-order valence-corrected chi connectivity index (χ1v) is 7.28. The Morgan fingerprint density at radius 2 is 1.88 bits per heavy atom. The van der Waals surface area contributed by atoms with Crippen molar-refractivity contribution in [2.75, 3.05) is 18.5 Å². The SMILES string of the molecule is Cl.O=C(Cn1c(NCCO)nc2ccccc21)c1ccc(F)cc1. The Labute approximate surface area is 144 Å². The van der Waals surface area contributed by atoms with Crippen molar-refractivity contribution in [2.24, 2.45) is 0 Å². The number of carbonyl (C=O) groups is 1. The molecule has 0 unspecified atom stereocenters. The number of hydrogen-bond donors (Lipinski definition) is 2. The third-order valence-electron chi connectivity index (χ3n) is 3.52. The van der Waals surface area contributed by atoms with E-state index in [1.165, 1.54) is 24.3 Å². The Bertz CT molecular complexity index is 833. The van der Waals surface area contributed by atoms with Crippen LogP contribution in [0.1, 0.15) is 10.4 Å². The van der Waals surface area contributed by atoms with Crippen molar-refractivity contribution in [2.45, 2.75) is 6.54 Å². The van der Waals surface area contributed by atoms with E-state index in [9.17, 15) is 9.18 Å². The standard InChI is InChI=1S/C17H16FN3O2.ClH/c18-13-7-5-12(6-8-13)16(23)11-21-15-4-2-1-3-14(15)20-17(21)19-9-10-22;/h1-8,22H,9-11H2,(H,19,20);1H. The first-order chi connectivity index (χ1) is 11.2. The van der Waals surface area contributed by atoms with Crippen molar-refractivity contribution in [3.8, 4) is 0 Å². The Morgan fingerprint density at radius 1 is 1.17 bits per heavy atom. The zero-order valence-electron chi connectivity index (χ0n) is 12.8. The van der Waals surface area contributed by atoms with E-state index in [1.54, 1.807) is 4.57 Å². The molecule has 0 saturated carbocycles. The van der Waals surface area contributed by atoms with Crippen molar-refractivity contribution in [1.82, 2.24) is 9.55 Å². The van der Waals surface area contributed by atoms with E-state index in [4.69, 9.17) is 5.11 Å². The van der Waals surface area contributed by atoms with Gasteiger partial charge in [-0.15, -0.1) is 12.4 Å². The summed E-state index contributed by atoms with van der Waals surface area (Å²) < 4.78 is 14.7. The molecule has 1 aromatic heterocycles. The number of Topliss-reactive ketones (excluding diaryl/α,β-unsaturated/α-hetero) is 1. The summed E-state index contributed by atoms with van der Waals surface area (Å²) in [7, 11) is 0. The smallest absolute Gasteiger partial charge is 0.204 e. The number of para-hydroxylation sites is 2. The van der Waals surface area contributed by atoms with Crippen LogP contribution in [0.15, 0.2) is 48.5 Å². The highest BCUT2D eigenvalue weighted by Gasteiger charge is 2.14. The molecular weight excluding hydrogens is 333 g/mol. The summed E-state index contributed by atoms with van der Waals surface area (Å²) in [4.78, 5) is 16.9. The van der Waals surface area contributed by atoms with Crippen LogP contribution in [-0.2, 0) is 6.54 Å². The Kier molecular flexibility index (Phi) is 5.89. The second-order valence-corrected chi connectivity index (χ2v) is 5.09. The predicted molar refractivity (Wildman–Crippen MR) is 93.3 cm³/mol. The minimum absolute atomic E-state index is 0. The number of hydrogen-bond acceptors (Lipinski definition) is 4. The van der Waals surface area contributed by atoms with Crippen LogP contribution in [0.4, 0.5) is 10.3 Å². The molecule has 5 nitrogen and oxygen atoms in total. The normalized spacial score (nSPS) is 10.4. The molecule has 0 spiro atoms. The average Bonchev–Trinajstić information content (AvgIpc) is 2.91. The maximum absolute atomic E-state index is 13.0. The quantitative estimate of drug-likeness (QED) is 0.671. The Morgan fingerprint density at radius 3 is 2.58 bits per heavy atom. The minimum atomic E-state index is -0.375. The van der Waals surface area contributed by atoms with Gasteiger partial charge in [0.2, 0.25) is 5.95 Å². The van der Waals surface area contributed by atoms with Gasteiger partial charge < -0.3 is 15.0 Å². The highest BCUT2D eigenvalue weighted by molar-refractivity contribution is 5.97.